The molecule has 0 aliphatic carbocycles. The molecule has 1 unspecified atom stereocenters. The number of ether oxygens (including phenoxy) is 2. The van der Waals surface area contributed by atoms with E-state index in [-0.39, 0.29) is 5.56 Å². The molecule has 0 N–H and O–H groups in total. The molecule has 0 bridgehead atoms. The van der Waals surface area contributed by atoms with Gasteiger partial charge in [-0.3, -0.25) is 4.79 Å². The largest absolute Gasteiger partial charge is 0.453 e. The van der Waals surface area contributed by atoms with Crippen LogP contribution in [0.4, 0.5) is 22.0 Å². The van der Waals surface area contributed by atoms with Gasteiger partial charge in [0.25, 0.3) is 11.5 Å². The van der Waals surface area contributed by atoms with E-state index in [0.29, 0.717) is 17.6 Å². The van der Waals surface area contributed by atoms with Crippen molar-refractivity contribution in [1.82, 2.24) is 4.90 Å². The predicted molar refractivity (Wildman–Crippen MR) is 142 cm³/mol. The summed E-state index contributed by atoms with van der Waals surface area (Å²) in [4.78, 5) is 28.9. The average Bonchev–Trinajstić information content (AvgIpc) is 2.98. The summed E-state index contributed by atoms with van der Waals surface area (Å²) in [7, 11) is 0.714. The zero-order valence-corrected chi connectivity index (χ0v) is 22.1. The zero-order chi connectivity index (χ0) is 30.1. The fourth-order valence-electron chi connectivity index (χ4n) is 5.41. The Bertz CT molecular complexity index is 1550. The molecule has 0 radical (unpaired) electrons. The second kappa shape index (κ2) is 11.4. The van der Waals surface area contributed by atoms with Crippen LogP contribution in [0, 0.1) is 11.6 Å². The molecular weight excluding hydrogens is 557 g/mol. The van der Waals surface area contributed by atoms with Gasteiger partial charge in [-0.1, -0.05) is 97.1 Å². The number of alkyl halides is 3. The Morgan fingerprint density at radius 2 is 1.26 bits per heavy atom. The Morgan fingerprint density at radius 1 is 0.762 bits per heavy atom. The van der Waals surface area contributed by atoms with Gasteiger partial charge in [0.05, 0.1) is 11.6 Å². The predicted octanol–water partition coefficient (Wildman–Crippen LogP) is 6.98. The maximum atomic E-state index is 15.3. The van der Waals surface area contributed by atoms with E-state index in [1.807, 2.05) is 0 Å². The number of rotatable bonds is 6. The van der Waals surface area contributed by atoms with Crippen molar-refractivity contribution in [1.29, 1.82) is 0 Å². The lowest BCUT2D eigenvalue weighted by molar-refractivity contribution is -0.275. The summed E-state index contributed by atoms with van der Waals surface area (Å²) in [5.41, 5.74) is -4.56. The van der Waals surface area contributed by atoms with Crippen LogP contribution >= 0.6 is 0 Å². The van der Waals surface area contributed by atoms with Crippen LogP contribution in [0.1, 0.15) is 40.4 Å². The van der Waals surface area contributed by atoms with Crippen LogP contribution in [0.5, 0.6) is 0 Å². The first-order chi connectivity index (χ1) is 20.1. The minimum Gasteiger partial charge on any atom is -0.453 e. The van der Waals surface area contributed by atoms with E-state index in [9.17, 15) is 9.59 Å². The summed E-state index contributed by atoms with van der Waals surface area (Å²) < 4.78 is 86.9. The van der Waals surface area contributed by atoms with Crippen LogP contribution in [-0.4, -0.2) is 30.1 Å². The van der Waals surface area contributed by atoms with Gasteiger partial charge in [0.15, 0.2) is 12.1 Å². The van der Waals surface area contributed by atoms with Crippen molar-refractivity contribution in [3.63, 3.8) is 0 Å². The topological polar surface area (TPSA) is 55.8 Å². The molecule has 0 aromatic heterocycles. The molecule has 1 amide bonds. The number of esters is 1. The lowest BCUT2D eigenvalue weighted by Gasteiger charge is -2.48. The lowest BCUT2D eigenvalue weighted by Crippen LogP contribution is -2.61. The van der Waals surface area contributed by atoms with E-state index in [2.05, 4.69) is 0 Å². The third-order valence-corrected chi connectivity index (χ3v) is 7.29. The first-order valence-electron chi connectivity index (χ1n) is 12.9. The summed E-state index contributed by atoms with van der Waals surface area (Å²) in [6, 6.07) is 21.2. The Morgan fingerprint density at radius 3 is 1.76 bits per heavy atom. The van der Waals surface area contributed by atoms with Gasteiger partial charge in [-0.05, 0) is 23.3 Å². The van der Waals surface area contributed by atoms with Gasteiger partial charge in [-0.2, -0.15) is 13.2 Å². The highest BCUT2D eigenvalue weighted by molar-refractivity contribution is 5.93. The molecule has 1 aliphatic heterocycles. The molecule has 1 fully saturated rings. The highest BCUT2D eigenvalue weighted by Crippen LogP contribution is 2.52. The lowest BCUT2D eigenvalue weighted by atomic mass is 9.84. The molecule has 4 aromatic rings. The van der Waals surface area contributed by atoms with Crippen LogP contribution < -0.4 is 0 Å². The molecule has 5 nitrogen and oxygen atoms in total. The maximum Gasteiger partial charge on any atom is 0.430 e. The van der Waals surface area contributed by atoms with Crippen LogP contribution in [0.25, 0.3) is 0 Å². The number of carbonyl (C=O) groups excluding carboxylic acids is 2. The Kier molecular flexibility index (Phi) is 7.83. The molecule has 1 heterocycles. The van der Waals surface area contributed by atoms with Crippen molar-refractivity contribution in [2.75, 3.05) is 7.11 Å². The Balaban J connectivity index is 1.85. The summed E-state index contributed by atoms with van der Waals surface area (Å²) in [5, 5.41) is 0. The first-order valence-corrected chi connectivity index (χ1v) is 12.9. The third-order valence-electron chi connectivity index (χ3n) is 7.29. The number of halogens is 5. The second-order valence-corrected chi connectivity index (χ2v) is 9.62. The molecule has 0 saturated carbocycles. The van der Waals surface area contributed by atoms with E-state index in [4.69, 9.17) is 9.47 Å². The third kappa shape index (κ3) is 4.81. The van der Waals surface area contributed by atoms with Crippen molar-refractivity contribution in [3.05, 3.63) is 143 Å². The van der Waals surface area contributed by atoms with Gasteiger partial charge in [0.2, 0.25) is 0 Å². The first kappa shape index (κ1) is 28.9. The molecule has 0 spiro atoms. The smallest absolute Gasteiger partial charge is 0.430 e. The highest BCUT2D eigenvalue weighted by Gasteiger charge is 2.67. The average molecular weight is 582 g/mol. The van der Waals surface area contributed by atoms with Gasteiger partial charge < -0.3 is 14.4 Å². The quantitative estimate of drug-likeness (QED) is 0.182. The number of benzene rings is 4. The molecule has 10 heteroatoms. The minimum atomic E-state index is -5.37. The van der Waals surface area contributed by atoms with Crippen LogP contribution in [0.3, 0.4) is 0 Å². The van der Waals surface area contributed by atoms with E-state index in [0.717, 1.165) is 30.3 Å². The van der Waals surface area contributed by atoms with Crippen LogP contribution in [-0.2, 0) is 24.7 Å². The minimum absolute atomic E-state index is 0.259. The summed E-state index contributed by atoms with van der Waals surface area (Å²) in [6.07, 6.45) is -6.71. The Labute approximate surface area is 238 Å². The number of amides is 1. The molecule has 42 heavy (non-hydrogen) atoms. The highest BCUT2D eigenvalue weighted by atomic mass is 19.4. The standard InChI is InChI=1S/C32H24F5NO4/c1-41-31(32(35,36)37,22-16-9-4-10-17-22)30(40)38-26(20-12-5-2-6-13-20)28(21-14-7-3-8-15-21)42-29(39)27(38)25-23(33)18-11-19-24(25)34/h2-19,26-28H,1H3/t26-,27+,28+,31?/m0/s1. The molecule has 1 saturated heterocycles. The molecule has 216 valence electrons. The van der Waals surface area contributed by atoms with Crippen molar-refractivity contribution in [2.24, 2.45) is 0 Å². The van der Waals surface area contributed by atoms with Gasteiger partial charge in [0.1, 0.15) is 11.6 Å². The van der Waals surface area contributed by atoms with Crippen molar-refractivity contribution < 1.29 is 41.0 Å². The summed E-state index contributed by atoms with van der Waals surface area (Å²) in [6.45, 7) is 0. The number of hydrogen-bond donors (Lipinski definition) is 0. The van der Waals surface area contributed by atoms with E-state index in [1.54, 1.807) is 48.5 Å². The monoisotopic (exact) mass is 581 g/mol. The van der Waals surface area contributed by atoms with E-state index < -0.39 is 64.6 Å². The van der Waals surface area contributed by atoms with Gasteiger partial charge in [-0.15, -0.1) is 0 Å². The number of carbonyl (C=O) groups is 2. The van der Waals surface area contributed by atoms with Gasteiger partial charge >= 0.3 is 12.1 Å². The summed E-state index contributed by atoms with van der Waals surface area (Å²) in [5.74, 6) is -5.54. The van der Waals surface area contributed by atoms with Gasteiger partial charge in [-0.25, -0.2) is 13.6 Å². The van der Waals surface area contributed by atoms with E-state index in [1.165, 1.54) is 30.3 Å². The number of morpholine rings is 1. The fourth-order valence-corrected chi connectivity index (χ4v) is 5.41. The second-order valence-electron chi connectivity index (χ2n) is 9.62. The fraction of sp³-hybridized carbons (Fsp3) is 0.188. The molecular formula is C32H24F5NO4. The normalized spacial score (nSPS) is 20.5. The SMILES string of the molecule is COC(C(=O)N1[C@H](c2c(F)cccc2F)C(=O)O[C@H](c2ccccc2)[C@@H]1c1ccccc1)(c1ccccc1)C(F)(F)F. The maximum absolute atomic E-state index is 15.3. The van der Waals surface area contributed by atoms with Crippen molar-refractivity contribution >= 4 is 11.9 Å². The van der Waals surface area contributed by atoms with Crippen molar-refractivity contribution in [2.45, 2.75) is 30.0 Å². The molecule has 1 aliphatic rings. The van der Waals surface area contributed by atoms with Crippen LogP contribution in [0.15, 0.2) is 109 Å². The molecule has 4 atom stereocenters. The van der Waals surface area contributed by atoms with Gasteiger partial charge in [0, 0.05) is 12.7 Å². The number of methoxy groups -OCH3 is 1. The molecule has 4 aromatic carbocycles. The zero-order valence-electron chi connectivity index (χ0n) is 22.1. The van der Waals surface area contributed by atoms with Crippen molar-refractivity contribution in [3.8, 4) is 0 Å². The molecule has 5 rings (SSSR count). The number of cyclic esters (lactones) is 1. The van der Waals surface area contributed by atoms with Crippen LogP contribution in [0.2, 0.25) is 0 Å². The summed E-state index contributed by atoms with van der Waals surface area (Å²) >= 11 is 0. The van der Waals surface area contributed by atoms with E-state index >= 15 is 22.0 Å². The Hall–Kier alpha value is -4.57. The number of hydrogen-bond acceptors (Lipinski definition) is 4. The number of nitrogens with zero attached hydrogens (tertiary/aromatic N) is 1.